The van der Waals surface area contributed by atoms with Crippen molar-refractivity contribution in [2.45, 2.75) is 38.1 Å². The lowest BCUT2D eigenvalue weighted by atomic mass is 10.2. The molecular weight excluding hydrogens is 212 g/mol. The van der Waals surface area contributed by atoms with E-state index in [1.807, 2.05) is 24.3 Å². The monoisotopic (exact) mass is 226 g/mol. The Morgan fingerprint density at radius 3 is 2.93 bits per heavy atom. The second kappa shape index (κ2) is 4.97. The topological polar surface area (TPSA) is 29.5 Å². The molecule has 0 amide bonds. The molecule has 82 valence electrons. The minimum Gasteiger partial charge on any atom is -0.393 e. The summed E-state index contributed by atoms with van der Waals surface area (Å²) in [5.41, 5.74) is 1.09. The fourth-order valence-electron chi connectivity index (χ4n) is 1.91. The summed E-state index contributed by atoms with van der Waals surface area (Å²) in [5, 5.41) is 10.1. The van der Waals surface area contributed by atoms with Crippen molar-refractivity contribution < 1.29 is 9.84 Å². The lowest BCUT2D eigenvalue weighted by Crippen LogP contribution is -2.09. The number of aliphatic hydroxyl groups excluding tert-OH is 1. The SMILES string of the molecule is OC1CCC(OCc2cccc(Cl)c2)C1. The molecule has 1 aromatic rings. The third-order valence-electron chi connectivity index (χ3n) is 2.73. The maximum absolute atomic E-state index is 9.34. The van der Waals surface area contributed by atoms with Crippen LogP contribution < -0.4 is 0 Å². The molecule has 0 bridgehead atoms. The van der Waals surface area contributed by atoms with Gasteiger partial charge in [0.1, 0.15) is 0 Å². The first-order valence-corrected chi connectivity index (χ1v) is 5.66. The molecule has 2 nitrogen and oxygen atoms in total. The van der Waals surface area contributed by atoms with E-state index in [9.17, 15) is 5.11 Å². The van der Waals surface area contributed by atoms with E-state index in [2.05, 4.69) is 0 Å². The summed E-state index contributed by atoms with van der Waals surface area (Å²) < 4.78 is 5.70. The largest absolute Gasteiger partial charge is 0.393 e. The predicted molar refractivity (Wildman–Crippen MR) is 59.9 cm³/mol. The first-order chi connectivity index (χ1) is 7.24. The molecule has 2 unspecified atom stereocenters. The van der Waals surface area contributed by atoms with Crippen molar-refractivity contribution in [3.63, 3.8) is 0 Å². The Kier molecular flexibility index (Phi) is 3.62. The van der Waals surface area contributed by atoms with Crippen molar-refractivity contribution in [3.8, 4) is 0 Å². The van der Waals surface area contributed by atoms with Crippen LogP contribution in [-0.2, 0) is 11.3 Å². The van der Waals surface area contributed by atoms with Crippen LogP contribution in [0.15, 0.2) is 24.3 Å². The second-order valence-corrected chi connectivity index (χ2v) is 4.47. The van der Waals surface area contributed by atoms with Crippen molar-refractivity contribution in [3.05, 3.63) is 34.9 Å². The molecule has 1 aromatic carbocycles. The fourth-order valence-corrected chi connectivity index (χ4v) is 2.12. The van der Waals surface area contributed by atoms with Gasteiger partial charge < -0.3 is 9.84 Å². The molecule has 0 spiro atoms. The summed E-state index contributed by atoms with van der Waals surface area (Å²) in [6, 6.07) is 7.68. The lowest BCUT2D eigenvalue weighted by Gasteiger charge is -2.11. The maximum Gasteiger partial charge on any atom is 0.0721 e. The average Bonchev–Trinajstić information content (AvgIpc) is 2.62. The number of hydrogen-bond acceptors (Lipinski definition) is 2. The van der Waals surface area contributed by atoms with E-state index in [0.717, 1.165) is 29.8 Å². The van der Waals surface area contributed by atoms with Crippen LogP contribution in [0, 0.1) is 0 Å². The van der Waals surface area contributed by atoms with Crippen molar-refractivity contribution >= 4 is 11.6 Å². The third-order valence-corrected chi connectivity index (χ3v) is 2.97. The molecule has 0 aromatic heterocycles. The molecule has 1 saturated carbocycles. The minimum atomic E-state index is -0.172. The molecule has 1 fully saturated rings. The lowest BCUT2D eigenvalue weighted by molar-refractivity contribution is 0.0357. The number of halogens is 1. The van der Waals surface area contributed by atoms with Gasteiger partial charge in [-0.3, -0.25) is 0 Å². The Labute approximate surface area is 94.8 Å². The third kappa shape index (κ3) is 3.20. The Morgan fingerprint density at radius 2 is 2.27 bits per heavy atom. The summed E-state index contributed by atoms with van der Waals surface area (Å²) >= 11 is 5.87. The molecule has 15 heavy (non-hydrogen) atoms. The Morgan fingerprint density at radius 1 is 1.40 bits per heavy atom. The van der Waals surface area contributed by atoms with Crippen LogP contribution in [0.2, 0.25) is 5.02 Å². The highest BCUT2D eigenvalue weighted by atomic mass is 35.5. The molecule has 2 atom stereocenters. The number of aliphatic hydroxyl groups is 1. The van der Waals surface area contributed by atoms with E-state index in [1.54, 1.807) is 0 Å². The molecule has 0 radical (unpaired) electrons. The highest BCUT2D eigenvalue weighted by molar-refractivity contribution is 6.30. The van der Waals surface area contributed by atoms with Gasteiger partial charge in [-0.25, -0.2) is 0 Å². The van der Waals surface area contributed by atoms with Crippen LogP contribution >= 0.6 is 11.6 Å². The van der Waals surface area contributed by atoms with Gasteiger partial charge >= 0.3 is 0 Å². The number of ether oxygens (including phenoxy) is 1. The highest BCUT2D eigenvalue weighted by Gasteiger charge is 2.23. The highest BCUT2D eigenvalue weighted by Crippen LogP contribution is 2.23. The Hall–Kier alpha value is -0.570. The van der Waals surface area contributed by atoms with E-state index < -0.39 is 0 Å². The smallest absolute Gasteiger partial charge is 0.0721 e. The molecule has 1 N–H and O–H groups in total. The van der Waals surface area contributed by atoms with Gasteiger partial charge in [-0.05, 0) is 37.0 Å². The summed E-state index contributed by atoms with van der Waals surface area (Å²) in [7, 11) is 0. The quantitative estimate of drug-likeness (QED) is 0.859. The van der Waals surface area contributed by atoms with Gasteiger partial charge in [0.25, 0.3) is 0 Å². The van der Waals surface area contributed by atoms with E-state index in [1.165, 1.54) is 0 Å². The van der Waals surface area contributed by atoms with Crippen LogP contribution in [0.25, 0.3) is 0 Å². The zero-order valence-electron chi connectivity index (χ0n) is 8.53. The molecule has 1 aliphatic rings. The van der Waals surface area contributed by atoms with Crippen molar-refractivity contribution in [1.82, 2.24) is 0 Å². The van der Waals surface area contributed by atoms with E-state index in [4.69, 9.17) is 16.3 Å². The first-order valence-electron chi connectivity index (χ1n) is 5.28. The molecule has 0 saturated heterocycles. The normalized spacial score (nSPS) is 25.7. The van der Waals surface area contributed by atoms with Gasteiger partial charge in [0.2, 0.25) is 0 Å². The van der Waals surface area contributed by atoms with Gasteiger partial charge in [-0.2, -0.15) is 0 Å². The molecule has 1 aliphatic carbocycles. The second-order valence-electron chi connectivity index (χ2n) is 4.03. The zero-order valence-corrected chi connectivity index (χ0v) is 9.28. The van der Waals surface area contributed by atoms with Crippen molar-refractivity contribution in [2.24, 2.45) is 0 Å². The minimum absolute atomic E-state index is 0.172. The summed E-state index contributed by atoms with van der Waals surface area (Å²) in [4.78, 5) is 0. The van der Waals surface area contributed by atoms with E-state index >= 15 is 0 Å². The van der Waals surface area contributed by atoms with Gasteiger partial charge in [0.15, 0.2) is 0 Å². The van der Waals surface area contributed by atoms with Gasteiger partial charge in [-0.1, -0.05) is 23.7 Å². The predicted octanol–water partition coefficient (Wildman–Crippen LogP) is 2.77. The Balaban J connectivity index is 1.83. The first kappa shape index (κ1) is 10.9. The average molecular weight is 227 g/mol. The molecule has 0 aliphatic heterocycles. The summed E-state index contributed by atoms with van der Waals surface area (Å²) in [6.45, 7) is 0.581. The summed E-state index contributed by atoms with van der Waals surface area (Å²) in [6.07, 6.45) is 2.62. The van der Waals surface area contributed by atoms with Crippen molar-refractivity contribution in [1.29, 1.82) is 0 Å². The van der Waals surface area contributed by atoms with Gasteiger partial charge in [0, 0.05) is 5.02 Å². The standard InChI is InChI=1S/C12H15ClO2/c13-10-3-1-2-9(6-10)8-15-12-5-4-11(14)7-12/h1-3,6,11-12,14H,4-5,7-8H2. The molecular formula is C12H15ClO2. The van der Waals surface area contributed by atoms with Crippen LogP contribution in [0.1, 0.15) is 24.8 Å². The molecule has 2 rings (SSSR count). The number of rotatable bonds is 3. The fraction of sp³-hybridized carbons (Fsp3) is 0.500. The maximum atomic E-state index is 9.34. The molecule has 3 heteroatoms. The van der Waals surface area contributed by atoms with Crippen LogP contribution in [0.5, 0.6) is 0 Å². The number of hydrogen-bond donors (Lipinski definition) is 1. The van der Waals surface area contributed by atoms with Gasteiger partial charge in [0.05, 0.1) is 18.8 Å². The van der Waals surface area contributed by atoms with Crippen LogP contribution in [0.4, 0.5) is 0 Å². The zero-order chi connectivity index (χ0) is 10.7. The van der Waals surface area contributed by atoms with Gasteiger partial charge in [-0.15, -0.1) is 0 Å². The van der Waals surface area contributed by atoms with E-state index in [-0.39, 0.29) is 12.2 Å². The Bertz CT molecular complexity index is 327. The van der Waals surface area contributed by atoms with Crippen molar-refractivity contribution in [2.75, 3.05) is 0 Å². The number of benzene rings is 1. The summed E-state index contributed by atoms with van der Waals surface area (Å²) in [5.74, 6) is 0. The van der Waals surface area contributed by atoms with E-state index in [0.29, 0.717) is 6.61 Å². The van der Waals surface area contributed by atoms with Crippen LogP contribution in [-0.4, -0.2) is 17.3 Å². The molecule has 0 heterocycles. The van der Waals surface area contributed by atoms with Crippen LogP contribution in [0.3, 0.4) is 0 Å².